The normalized spacial score (nSPS) is 23.2. The molecular formula is C15H23ClN2O. The predicted molar refractivity (Wildman–Crippen MR) is 79.6 cm³/mol. The van der Waals surface area contributed by atoms with E-state index in [1.54, 1.807) is 0 Å². The van der Waals surface area contributed by atoms with Crippen molar-refractivity contribution >= 4 is 11.6 Å². The average Bonchev–Trinajstić information content (AvgIpc) is 2.77. The van der Waals surface area contributed by atoms with E-state index in [4.69, 9.17) is 16.3 Å². The van der Waals surface area contributed by atoms with Crippen molar-refractivity contribution in [3.8, 4) is 0 Å². The minimum Gasteiger partial charge on any atom is -0.381 e. The van der Waals surface area contributed by atoms with E-state index in [0.717, 1.165) is 44.3 Å². The molecule has 1 atom stereocenters. The largest absolute Gasteiger partial charge is 0.381 e. The molecule has 2 rings (SSSR count). The van der Waals surface area contributed by atoms with Gasteiger partial charge >= 0.3 is 0 Å². The van der Waals surface area contributed by atoms with Crippen LogP contribution in [-0.4, -0.2) is 45.3 Å². The molecule has 0 amide bonds. The lowest BCUT2D eigenvalue weighted by Gasteiger charge is -2.32. The Bertz CT molecular complexity index is 405. The number of nitrogens with one attached hydrogen (secondary N) is 1. The maximum atomic E-state index is 6.03. The van der Waals surface area contributed by atoms with Crippen LogP contribution in [0.3, 0.4) is 0 Å². The zero-order valence-electron chi connectivity index (χ0n) is 11.8. The summed E-state index contributed by atoms with van der Waals surface area (Å²) in [7, 11) is 4.17. The lowest BCUT2D eigenvalue weighted by Crippen LogP contribution is -2.42. The second kappa shape index (κ2) is 6.71. The van der Waals surface area contributed by atoms with Crippen LogP contribution in [0.4, 0.5) is 0 Å². The zero-order valence-corrected chi connectivity index (χ0v) is 12.5. The molecule has 1 fully saturated rings. The molecule has 3 nitrogen and oxygen atoms in total. The fourth-order valence-electron chi connectivity index (χ4n) is 2.92. The van der Waals surface area contributed by atoms with Gasteiger partial charge in [-0.1, -0.05) is 23.7 Å². The molecule has 1 aliphatic heterocycles. The van der Waals surface area contributed by atoms with Crippen molar-refractivity contribution in [2.24, 2.45) is 5.41 Å². The molecule has 0 bridgehead atoms. The summed E-state index contributed by atoms with van der Waals surface area (Å²) in [4.78, 5) is 2.36. The smallest absolute Gasteiger partial charge is 0.0547 e. The standard InChI is InChI=1S/C15H23ClN2O/c1-17-10-15(6-7-19-12-15)11-18(2)9-13-4-3-5-14(16)8-13/h3-5,8,17H,6-7,9-12H2,1-2H3. The third-order valence-electron chi connectivity index (χ3n) is 3.68. The lowest BCUT2D eigenvalue weighted by atomic mass is 9.86. The van der Waals surface area contributed by atoms with Gasteiger partial charge in [0.2, 0.25) is 0 Å². The molecule has 106 valence electrons. The van der Waals surface area contributed by atoms with Crippen LogP contribution in [0, 0.1) is 5.41 Å². The molecule has 1 unspecified atom stereocenters. The second-order valence-corrected chi connectivity index (χ2v) is 6.07. The Morgan fingerprint density at radius 2 is 2.32 bits per heavy atom. The van der Waals surface area contributed by atoms with Gasteiger partial charge in [-0.3, -0.25) is 0 Å². The maximum Gasteiger partial charge on any atom is 0.0547 e. The van der Waals surface area contributed by atoms with E-state index in [-0.39, 0.29) is 5.41 Å². The molecule has 0 saturated carbocycles. The first kappa shape index (κ1) is 14.8. The second-order valence-electron chi connectivity index (χ2n) is 5.64. The van der Waals surface area contributed by atoms with Crippen molar-refractivity contribution in [2.45, 2.75) is 13.0 Å². The van der Waals surface area contributed by atoms with Crippen molar-refractivity contribution in [3.63, 3.8) is 0 Å². The highest BCUT2D eigenvalue weighted by molar-refractivity contribution is 6.30. The summed E-state index contributed by atoms with van der Waals surface area (Å²) in [6.45, 7) is 4.71. The van der Waals surface area contributed by atoms with E-state index in [1.165, 1.54) is 5.56 Å². The molecule has 0 spiro atoms. The van der Waals surface area contributed by atoms with Gasteiger partial charge in [0.15, 0.2) is 0 Å². The van der Waals surface area contributed by atoms with Crippen molar-refractivity contribution < 1.29 is 4.74 Å². The molecule has 19 heavy (non-hydrogen) atoms. The van der Waals surface area contributed by atoms with Gasteiger partial charge in [0.05, 0.1) is 6.61 Å². The van der Waals surface area contributed by atoms with Gasteiger partial charge in [-0.2, -0.15) is 0 Å². The number of halogens is 1. The van der Waals surface area contributed by atoms with Crippen LogP contribution < -0.4 is 5.32 Å². The molecule has 1 heterocycles. The van der Waals surface area contributed by atoms with Gasteiger partial charge < -0.3 is 15.0 Å². The summed E-state index contributed by atoms with van der Waals surface area (Å²) < 4.78 is 5.60. The van der Waals surface area contributed by atoms with Gasteiger partial charge in [-0.15, -0.1) is 0 Å². The first-order valence-electron chi connectivity index (χ1n) is 6.79. The molecular weight excluding hydrogens is 260 g/mol. The third kappa shape index (κ3) is 4.18. The Balaban J connectivity index is 1.94. The third-order valence-corrected chi connectivity index (χ3v) is 3.92. The predicted octanol–water partition coefficient (Wildman–Crippen LogP) is 2.40. The van der Waals surface area contributed by atoms with Crippen LogP contribution in [0.2, 0.25) is 5.02 Å². The Morgan fingerprint density at radius 3 is 2.95 bits per heavy atom. The van der Waals surface area contributed by atoms with Gasteiger partial charge in [0, 0.05) is 36.7 Å². The molecule has 0 radical (unpaired) electrons. The lowest BCUT2D eigenvalue weighted by molar-refractivity contribution is 0.118. The highest BCUT2D eigenvalue weighted by Gasteiger charge is 2.35. The summed E-state index contributed by atoms with van der Waals surface area (Å²) in [5.74, 6) is 0. The summed E-state index contributed by atoms with van der Waals surface area (Å²) >= 11 is 6.03. The van der Waals surface area contributed by atoms with Crippen molar-refractivity contribution in [1.29, 1.82) is 0 Å². The Hall–Kier alpha value is -0.610. The number of hydrogen-bond donors (Lipinski definition) is 1. The molecule has 0 aromatic heterocycles. The van der Waals surface area contributed by atoms with E-state index >= 15 is 0 Å². The monoisotopic (exact) mass is 282 g/mol. The van der Waals surface area contributed by atoms with E-state index < -0.39 is 0 Å². The Morgan fingerprint density at radius 1 is 1.47 bits per heavy atom. The summed E-state index contributed by atoms with van der Waals surface area (Å²) in [5, 5.41) is 4.11. The highest BCUT2D eigenvalue weighted by Crippen LogP contribution is 2.29. The number of nitrogens with zero attached hydrogens (tertiary/aromatic N) is 1. The molecule has 1 aliphatic rings. The molecule has 1 aromatic rings. The molecule has 1 aromatic carbocycles. The van der Waals surface area contributed by atoms with Crippen LogP contribution in [0.25, 0.3) is 0 Å². The summed E-state index contributed by atoms with van der Waals surface area (Å²) in [6, 6.07) is 8.08. The number of rotatable bonds is 6. The number of ether oxygens (including phenoxy) is 1. The van der Waals surface area contributed by atoms with Gasteiger partial charge in [0.25, 0.3) is 0 Å². The van der Waals surface area contributed by atoms with Crippen LogP contribution in [0.1, 0.15) is 12.0 Å². The van der Waals surface area contributed by atoms with Crippen LogP contribution in [0.5, 0.6) is 0 Å². The quantitative estimate of drug-likeness (QED) is 0.867. The van der Waals surface area contributed by atoms with Crippen LogP contribution >= 0.6 is 11.6 Å². The maximum absolute atomic E-state index is 6.03. The molecule has 0 aliphatic carbocycles. The fraction of sp³-hybridized carbons (Fsp3) is 0.600. The topological polar surface area (TPSA) is 24.5 Å². The van der Waals surface area contributed by atoms with Crippen LogP contribution in [-0.2, 0) is 11.3 Å². The van der Waals surface area contributed by atoms with E-state index in [0.29, 0.717) is 0 Å². The summed E-state index contributed by atoms with van der Waals surface area (Å²) in [6.07, 6.45) is 1.13. The molecule has 1 saturated heterocycles. The van der Waals surface area contributed by atoms with E-state index in [9.17, 15) is 0 Å². The first-order chi connectivity index (χ1) is 9.13. The first-order valence-corrected chi connectivity index (χ1v) is 7.17. The van der Waals surface area contributed by atoms with Gasteiger partial charge in [-0.05, 0) is 38.2 Å². The fourth-order valence-corrected chi connectivity index (χ4v) is 3.13. The molecule has 4 heteroatoms. The molecule has 1 N–H and O–H groups in total. The number of hydrogen-bond acceptors (Lipinski definition) is 3. The Kier molecular flexibility index (Phi) is 5.22. The average molecular weight is 283 g/mol. The summed E-state index contributed by atoms with van der Waals surface area (Å²) in [5.41, 5.74) is 1.51. The Labute approximate surface area is 120 Å². The minimum absolute atomic E-state index is 0.252. The highest BCUT2D eigenvalue weighted by atomic mass is 35.5. The SMILES string of the molecule is CNCC1(CN(C)Cc2cccc(Cl)c2)CCOC1. The van der Waals surface area contributed by atoms with Crippen molar-refractivity contribution in [3.05, 3.63) is 34.9 Å². The van der Waals surface area contributed by atoms with Gasteiger partial charge in [0.1, 0.15) is 0 Å². The van der Waals surface area contributed by atoms with Crippen molar-refractivity contribution in [1.82, 2.24) is 10.2 Å². The van der Waals surface area contributed by atoms with E-state index in [2.05, 4.69) is 23.3 Å². The number of benzene rings is 1. The van der Waals surface area contributed by atoms with E-state index in [1.807, 2.05) is 25.2 Å². The minimum atomic E-state index is 0.252. The zero-order chi connectivity index (χ0) is 13.7. The van der Waals surface area contributed by atoms with Crippen LogP contribution in [0.15, 0.2) is 24.3 Å². The van der Waals surface area contributed by atoms with Gasteiger partial charge in [-0.25, -0.2) is 0 Å². The van der Waals surface area contributed by atoms with Crippen molar-refractivity contribution in [2.75, 3.05) is 40.4 Å².